The zero-order valence-corrected chi connectivity index (χ0v) is 17.2. The molecule has 0 aliphatic carbocycles. The fourth-order valence-corrected chi connectivity index (χ4v) is 12.4. The smallest absolute Gasteiger partial charge is 0.405 e. The summed E-state index contributed by atoms with van der Waals surface area (Å²) in [6, 6.07) is 11.8. The Balaban J connectivity index is 1.88. The normalized spacial score (nSPS) is 16.1. The molecule has 2 aromatic rings. The first-order valence-corrected chi connectivity index (χ1v) is 15.0. The van der Waals surface area contributed by atoms with Crippen LogP contribution >= 0.6 is 56.0 Å². The van der Waals surface area contributed by atoms with E-state index in [2.05, 4.69) is 4.31 Å². The first-order chi connectivity index (χ1) is 11.7. The fraction of sp³-hybridized carbons (Fsp3) is 0. The van der Waals surface area contributed by atoms with Crippen LogP contribution in [0.2, 0.25) is 0 Å². The van der Waals surface area contributed by atoms with Gasteiger partial charge in [-0.15, -0.1) is 0 Å². The monoisotopic (exact) mass is 458 g/mol. The van der Waals surface area contributed by atoms with Crippen molar-refractivity contribution in [3.05, 3.63) is 48.5 Å². The Morgan fingerprint density at radius 3 is 1.32 bits per heavy atom. The van der Waals surface area contributed by atoms with Crippen LogP contribution in [0.5, 0.6) is 11.5 Å². The minimum absolute atomic E-state index is 0.0558. The third-order valence-electron chi connectivity index (χ3n) is 2.34. The Morgan fingerprint density at radius 2 is 1.00 bits per heavy atom. The Labute approximate surface area is 158 Å². The Bertz CT molecular complexity index is 733. The summed E-state index contributed by atoms with van der Waals surface area (Å²) in [5, 5.41) is 18.3. The molecule has 2 rings (SSSR count). The van der Waals surface area contributed by atoms with Crippen molar-refractivity contribution in [3.8, 4) is 11.5 Å². The largest absolute Gasteiger partial charge is 0.508 e. The van der Waals surface area contributed by atoms with Gasteiger partial charge < -0.3 is 20.0 Å². The molecule has 0 radical (unpaired) electrons. The number of hydrogen-bond donors (Lipinski definition) is 4. The van der Waals surface area contributed by atoms with E-state index < -0.39 is 13.6 Å². The Hall–Kier alpha value is -0.220. The molecule has 2 unspecified atom stereocenters. The molecule has 0 spiro atoms. The zero-order chi connectivity index (χ0) is 18.5. The van der Waals surface area contributed by atoms with Gasteiger partial charge >= 0.3 is 13.6 Å². The summed E-state index contributed by atoms with van der Waals surface area (Å²) >= 11 is 0. The van der Waals surface area contributed by atoms with E-state index in [1.165, 1.54) is 48.5 Å². The second-order valence-corrected chi connectivity index (χ2v) is 15.8. The lowest BCUT2D eigenvalue weighted by atomic mass is 10.3. The maximum absolute atomic E-state index is 12.0. The van der Waals surface area contributed by atoms with Crippen LogP contribution in [0, 0.1) is 0 Å². The zero-order valence-electron chi connectivity index (χ0n) is 12.2. The van der Waals surface area contributed by atoms with Crippen LogP contribution in [0.4, 0.5) is 0 Å². The number of hydrogen-bond acceptors (Lipinski definition) is 9. The van der Waals surface area contributed by atoms with Crippen molar-refractivity contribution in [1.82, 2.24) is 0 Å². The van der Waals surface area contributed by atoms with Gasteiger partial charge in [-0.25, -0.2) is 13.4 Å². The number of rotatable bonds is 8. The fourth-order valence-electron chi connectivity index (χ4n) is 1.34. The van der Waals surface area contributed by atoms with Crippen molar-refractivity contribution in [2.45, 2.75) is 9.79 Å². The minimum atomic E-state index is -4.39. The van der Waals surface area contributed by atoms with Crippen molar-refractivity contribution in [2.24, 2.45) is 0 Å². The van der Waals surface area contributed by atoms with Crippen molar-refractivity contribution in [2.75, 3.05) is 0 Å². The summed E-state index contributed by atoms with van der Waals surface area (Å²) in [4.78, 5) is 20.6. The van der Waals surface area contributed by atoms with Gasteiger partial charge in [0, 0.05) is 30.6 Å². The molecule has 2 aromatic carbocycles. The summed E-state index contributed by atoms with van der Waals surface area (Å²) in [5.74, 6) is 0.112. The van der Waals surface area contributed by atoms with Crippen LogP contribution in [-0.2, 0) is 13.4 Å². The van der Waals surface area contributed by atoms with Gasteiger partial charge in [-0.2, -0.15) is 0 Å². The van der Waals surface area contributed by atoms with Gasteiger partial charge in [0.25, 0.3) is 0 Å². The van der Waals surface area contributed by atoms with Crippen molar-refractivity contribution in [1.29, 1.82) is 0 Å². The first-order valence-electron chi connectivity index (χ1n) is 6.33. The van der Waals surface area contributed by atoms with Crippen LogP contribution in [-0.4, -0.2) is 20.0 Å². The predicted octanol–water partition coefficient (Wildman–Crippen LogP) is 5.50. The molecule has 0 heterocycles. The molecule has 0 aromatic heterocycles. The summed E-state index contributed by atoms with van der Waals surface area (Å²) in [6.45, 7) is -8.78. The SMILES string of the molecule is O=P(O)(OP(=O)(O)SSc1ccc(O)cc1)SSc1ccc(O)cc1. The topological polar surface area (TPSA) is 124 Å². The summed E-state index contributed by atoms with van der Waals surface area (Å²) < 4.78 is 28.5. The number of benzene rings is 2. The minimum Gasteiger partial charge on any atom is -0.508 e. The molecule has 0 saturated heterocycles. The van der Waals surface area contributed by atoms with E-state index in [-0.39, 0.29) is 11.5 Å². The molecule has 7 nitrogen and oxygen atoms in total. The van der Waals surface area contributed by atoms with E-state index in [4.69, 9.17) is 0 Å². The molecule has 0 saturated carbocycles. The molecule has 0 aliphatic rings. The van der Waals surface area contributed by atoms with Crippen molar-refractivity contribution >= 4 is 56.0 Å². The maximum Gasteiger partial charge on any atom is 0.405 e. The number of phenolic OH excluding ortho intramolecular Hbond substituents is 2. The third kappa shape index (κ3) is 7.90. The van der Waals surface area contributed by atoms with E-state index in [1.807, 2.05) is 0 Å². The van der Waals surface area contributed by atoms with Crippen LogP contribution in [0.3, 0.4) is 0 Å². The highest BCUT2D eigenvalue weighted by molar-refractivity contribution is 9.01. The van der Waals surface area contributed by atoms with Gasteiger partial charge in [0.05, 0.1) is 0 Å². The molecule has 13 heteroatoms. The maximum atomic E-state index is 12.0. The van der Waals surface area contributed by atoms with Gasteiger partial charge in [0.1, 0.15) is 11.5 Å². The van der Waals surface area contributed by atoms with E-state index in [0.717, 1.165) is 21.6 Å². The molecule has 2 atom stereocenters. The molecular weight excluding hydrogens is 446 g/mol. The standard InChI is InChI=1S/C12H12O7P2S4/c13-9-1-5-11(6-2-9)22-24-20(15,16)19-21(17,18)25-23-12-7-3-10(14)4-8-12/h1-8,13-14H,(H,15,16)(H,17,18). The summed E-state index contributed by atoms with van der Waals surface area (Å²) in [7, 11) is 2.62. The Kier molecular flexibility index (Phi) is 7.69. The van der Waals surface area contributed by atoms with E-state index in [0.29, 0.717) is 30.6 Å². The Morgan fingerprint density at radius 1 is 0.680 bits per heavy atom. The van der Waals surface area contributed by atoms with E-state index in [9.17, 15) is 29.1 Å². The number of phenols is 2. The second-order valence-electron chi connectivity index (χ2n) is 4.32. The highest BCUT2D eigenvalue weighted by atomic mass is 33.3. The van der Waals surface area contributed by atoms with Crippen molar-refractivity contribution in [3.63, 3.8) is 0 Å². The lowest BCUT2D eigenvalue weighted by Gasteiger charge is -2.14. The van der Waals surface area contributed by atoms with Crippen molar-refractivity contribution < 1.29 is 33.4 Å². The highest BCUT2D eigenvalue weighted by Gasteiger charge is 2.34. The molecule has 25 heavy (non-hydrogen) atoms. The molecule has 0 aliphatic heterocycles. The average Bonchev–Trinajstić information content (AvgIpc) is 2.53. The highest BCUT2D eigenvalue weighted by Crippen LogP contribution is 2.76. The molecule has 0 amide bonds. The third-order valence-corrected chi connectivity index (χ3v) is 14.1. The molecule has 4 N–H and O–H groups in total. The van der Waals surface area contributed by atoms with E-state index in [1.54, 1.807) is 0 Å². The van der Waals surface area contributed by atoms with Gasteiger partial charge in [0.15, 0.2) is 0 Å². The van der Waals surface area contributed by atoms with Gasteiger partial charge in [-0.1, -0.05) is 0 Å². The van der Waals surface area contributed by atoms with Gasteiger partial charge in [0.2, 0.25) is 0 Å². The first kappa shape index (κ1) is 21.1. The van der Waals surface area contributed by atoms with Gasteiger partial charge in [-0.05, 0) is 70.1 Å². The van der Waals surface area contributed by atoms with Crippen LogP contribution in [0.25, 0.3) is 0 Å². The molecule has 0 bridgehead atoms. The predicted molar refractivity (Wildman–Crippen MR) is 104 cm³/mol. The van der Waals surface area contributed by atoms with Gasteiger partial charge in [-0.3, -0.25) is 0 Å². The van der Waals surface area contributed by atoms with Crippen LogP contribution < -0.4 is 0 Å². The molecule has 136 valence electrons. The summed E-state index contributed by atoms with van der Waals surface area (Å²) in [5.41, 5.74) is 0. The molecule has 0 fully saturated rings. The lowest BCUT2D eigenvalue weighted by molar-refractivity contribution is 0.361. The molecular formula is C12H12O7P2S4. The quantitative estimate of drug-likeness (QED) is 0.296. The second kappa shape index (κ2) is 9.12. The van der Waals surface area contributed by atoms with Crippen LogP contribution in [0.15, 0.2) is 58.3 Å². The lowest BCUT2D eigenvalue weighted by Crippen LogP contribution is -1.80. The average molecular weight is 458 g/mol. The number of aromatic hydroxyl groups is 2. The van der Waals surface area contributed by atoms with E-state index >= 15 is 0 Å². The van der Waals surface area contributed by atoms with Crippen LogP contribution in [0.1, 0.15) is 0 Å². The summed E-state index contributed by atoms with van der Waals surface area (Å²) in [6.07, 6.45) is 0.